The molecule has 0 saturated heterocycles. The first-order chi connectivity index (χ1) is 13.0. The molecule has 27 heavy (non-hydrogen) atoms. The summed E-state index contributed by atoms with van der Waals surface area (Å²) in [5, 5.41) is 4.31. The molecule has 1 heterocycles. The van der Waals surface area contributed by atoms with Crippen LogP contribution in [0.1, 0.15) is 26.5 Å². The normalized spacial score (nSPS) is 10.7. The van der Waals surface area contributed by atoms with Crippen LogP contribution in [0.3, 0.4) is 0 Å². The Balaban J connectivity index is 1.57. The Kier molecular flexibility index (Phi) is 6.05. The van der Waals surface area contributed by atoms with E-state index in [1.54, 1.807) is 48.5 Å². The average Bonchev–Trinajstić information content (AvgIpc) is 3.09. The van der Waals surface area contributed by atoms with Gasteiger partial charge in [-0.2, -0.15) is 5.10 Å². The zero-order valence-electron chi connectivity index (χ0n) is 13.7. The summed E-state index contributed by atoms with van der Waals surface area (Å²) >= 11 is 8.98. The van der Waals surface area contributed by atoms with Crippen molar-refractivity contribution in [1.82, 2.24) is 5.43 Å². The van der Waals surface area contributed by atoms with Gasteiger partial charge in [-0.15, -0.1) is 0 Å². The Hall–Kier alpha value is -2.90. The number of amides is 1. The molecule has 136 valence electrons. The number of benzene rings is 2. The highest BCUT2D eigenvalue weighted by atomic mass is 79.9. The minimum Gasteiger partial charge on any atom is -0.444 e. The monoisotopic (exact) mass is 446 g/mol. The van der Waals surface area contributed by atoms with Gasteiger partial charge in [-0.05, 0) is 76.1 Å². The van der Waals surface area contributed by atoms with Crippen molar-refractivity contribution < 1.29 is 18.7 Å². The highest BCUT2D eigenvalue weighted by molar-refractivity contribution is 9.10. The van der Waals surface area contributed by atoms with E-state index in [1.807, 2.05) is 0 Å². The van der Waals surface area contributed by atoms with E-state index in [2.05, 4.69) is 26.5 Å². The van der Waals surface area contributed by atoms with Crippen molar-refractivity contribution in [1.29, 1.82) is 0 Å². The van der Waals surface area contributed by atoms with E-state index < -0.39 is 11.9 Å². The molecule has 6 nitrogen and oxygen atoms in total. The van der Waals surface area contributed by atoms with Crippen molar-refractivity contribution in [2.45, 2.75) is 0 Å². The second-order valence-corrected chi connectivity index (χ2v) is 6.49. The minimum atomic E-state index is -0.504. The number of carbonyl (C=O) groups excluding carboxylic acids is 2. The van der Waals surface area contributed by atoms with E-state index in [9.17, 15) is 9.59 Å². The maximum Gasteiger partial charge on any atom is 0.343 e. The van der Waals surface area contributed by atoms with Gasteiger partial charge in [0.15, 0.2) is 10.4 Å². The van der Waals surface area contributed by atoms with Crippen molar-refractivity contribution in [3.8, 4) is 5.75 Å². The van der Waals surface area contributed by atoms with Crippen LogP contribution >= 0.6 is 27.5 Å². The molecule has 0 aliphatic heterocycles. The van der Waals surface area contributed by atoms with Gasteiger partial charge in [-0.1, -0.05) is 17.7 Å². The fourth-order valence-electron chi connectivity index (χ4n) is 2.06. The van der Waals surface area contributed by atoms with Crippen molar-refractivity contribution in [3.63, 3.8) is 0 Å². The summed E-state index contributed by atoms with van der Waals surface area (Å²) in [6.07, 6.45) is 1.46. The Labute approximate surface area is 167 Å². The van der Waals surface area contributed by atoms with Crippen LogP contribution in [0.15, 0.2) is 74.9 Å². The molecule has 0 aliphatic carbocycles. The summed E-state index contributed by atoms with van der Waals surface area (Å²) in [6.45, 7) is 0. The average molecular weight is 448 g/mol. The summed E-state index contributed by atoms with van der Waals surface area (Å²) in [7, 11) is 0. The Bertz CT molecular complexity index is 999. The van der Waals surface area contributed by atoms with E-state index in [0.29, 0.717) is 26.6 Å². The van der Waals surface area contributed by atoms with Gasteiger partial charge in [0.1, 0.15) is 5.75 Å². The fraction of sp³-hybridized carbons (Fsp3) is 0. The van der Waals surface area contributed by atoms with Crippen molar-refractivity contribution in [2.75, 3.05) is 0 Å². The molecule has 1 N–H and O–H groups in total. The van der Waals surface area contributed by atoms with Crippen molar-refractivity contribution in [2.24, 2.45) is 5.10 Å². The number of hydrazone groups is 1. The van der Waals surface area contributed by atoms with Crippen LogP contribution in [-0.4, -0.2) is 18.1 Å². The maximum absolute atomic E-state index is 12.1. The van der Waals surface area contributed by atoms with Gasteiger partial charge < -0.3 is 9.15 Å². The number of furan rings is 1. The van der Waals surface area contributed by atoms with Gasteiger partial charge in [0.25, 0.3) is 0 Å². The van der Waals surface area contributed by atoms with Crippen LogP contribution in [-0.2, 0) is 0 Å². The number of rotatable bonds is 5. The van der Waals surface area contributed by atoms with Crippen LogP contribution in [0.4, 0.5) is 0 Å². The second-order valence-electron chi connectivity index (χ2n) is 5.27. The smallest absolute Gasteiger partial charge is 0.343 e. The predicted octanol–water partition coefficient (Wildman–Crippen LogP) is 4.68. The van der Waals surface area contributed by atoms with E-state index in [4.69, 9.17) is 20.8 Å². The molecular formula is C19H12BrClN2O4. The van der Waals surface area contributed by atoms with Gasteiger partial charge in [0, 0.05) is 5.02 Å². The van der Waals surface area contributed by atoms with Crippen LogP contribution in [0.2, 0.25) is 5.02 Å². The summed E-state index contributed by atoms with van der Waals surface area (Å²) in [4.78, 5) is 23.8. The molecule has 0 atom stereocenters. The van der Waals surface area contributed by atoms with Crippen LogP contribution in [0.5, 0.6) is 5.75 Å². The lowest BCUT2D eigenvalue weighted by Gasteiger charge is -2.05. The van der Waals surface area contributed by atoms with E-state index in [0.717, 1.165) is 0 Å². The van der Waals surface area contributed by atoms with E-state index in [-0.39, 0.29) is 5.76 Å². The summed E-state index contributed by atoms with van der Waals surface area (Å²) in [5.74, 6) is -0.455. The van der Waals surface area contributed by atoms with E-state index in [1.165, 1.54) is 18.3 Å². The number of esters is 1. The first-order valence-corrected chi connectivity index (χ1v) is 8.85. The van der Waals surface area contributed by atoms with Crippen molar-refractivity contribution in [3.05, 3.63) is 87.2 Å². The number of halogens is 2. The summed E-state index contributed by atoms with van der Waals surface area (Å²) in [5.41, 5.74) is 3.42. The topological polar surface area (TPSA) is 80.9 Å². The SMILES string of the molecule is O=C(Oc1ccc(C=NNC(=O)c2ccc(Br)o2)cc1)c1cccc(Cl)c1. The standard InChI is InChI=1S/C19H12BrClN2O4/c20-17-9-8-16(27-17)18(24)23-22-11-12-4-6-15(7-5-12)26-19(25)13-2-1-3-14(21)10-13/h1-11H,(H,23,24). The molecule has 8 heteroatoms. The molecule has 2 aromatic carbocycles. The van der Waals surface area contributed by atoms with Crippen LogP contribution < -0.4 is 10.2 Å². The number of hydrogen-bond donors (Lipinski definition) is 1. The molecule has 0 unspecified atom stereocenters. The molecule has 1 aromatic heterocycles. The van der Waals surface area contributed by atoms with Gasteiger partial charge in [-0.3, -0.25) is 4.79 Å². The number of carbonyl (C=O) groups is 2. The molecule has 3 aromatic rings. The zero-order chi connectivity index (χ0) is 19.2. The van der Waals surface area contributed by atoms with Crippen LogP contribution in [0, 0.1) is 0 Å². The summed E-state index contributed by atoms with van der Waals surface area (Å²) in [6, 6.07) is 16.3. The Morgan fingerprint density at radius 1 is 1.11 bits per heavy atom. The van der Waals surface area contributed by atoms with Gasteiger partial charge in [0.2, 0.25) is 0 Å². The van der Waals surface area contributed by atoms with Crippen molar-refractivity contribution >= 4 is 45.6 Å². The van der Waals surface area contributed by atoms with Gasteiger partial charge in [0.05, 0.1) is 11.8 Å². The molecule has 0 aliphatic rings. The molecule has 0 fully saturated rings. The number of nitrogens with one attached hydrogen (secondary N) is 1. The first-order valence-electron chi connectivity index (χ1n) is 7.68. The minimum absolute atomic E-state index is 0.141. The maximum atomic E-state index is 12.1. The highest BCUT2D eigenvalue weighted by Crippen LogP contribution is 2.16. The quantitative estimate of drug-likeness (QED) is 0.266. The molecular weight excluding hydrogens is 436 g/mol. The molecule has 0 saturated carbocycles. The number of ether oxygens (including phenoxy) is 1. The molecule has 0 spiro atoms. The lowest BCUT2D eigenvalue weighted by atomic mass is 10.2. The Morgan fingerprint density at radius 2 is 1.89 bits per heavy atom. The predicted molar refractivity (Wildman–Crippen MR) is 104 cm³/mol. The third-order valence-electron chi connectivity index (χ3n) is 3.33. The largest absolute Gasteiger partial charge is 0.444 e. The van der Waals surface area contributed by atoms with Gasteiger partial charge in [-0.25, -0.2) is 10.2 Å². The Morgan fingerprint density at radius 3 is 2.56 bits per heavy atom. The third-order valence-corrected chi connectivity index (χ3v) is 3.99. The van der Waals surface area contributed by atoms with Gasteiger partial charge >= 0.3 is 11.9 Å². The lowest BCUT2D eigenvalue weighted by Crippen LogP contribution is -2.16. The van der Waals surface area contributed by atoms with E-state index >= 15 is 0 Å². The van der Waals surface area contributed by atoms with Crippen LogP contribution in [0.25, 0.3) is 0 Å². The molecule has 0 radical (unpaired) electrons. The highest BCUT2D eigenvalue weighted by Gasteiger charge is 2.10. The molecule has 0 bridgehead atoms. The lowest BCUT2D eigenvalue weighted by molar-refractivity contribution is 0.0734. The molecule has 1 amide bonds. The summed E-state index contributed by atoms with van der Waals surface area (Å²) < 4.78 is 10.9. The fourth-order valence-corrected chi connectivity index (χ4v) is 2.56. The third kappa shape index (κ3) is 5.29. The first kappa shape index (κ1) is 18.9. The number of nitrogens with zero attached hydrogens (tertiary/aromatic N) is 1. The number of hydrogen-bond acceptors (Lipinski definition) is 5. The molecule has 3 rings (SSSR count). The second kappa shape index (κ2) is 8.66. The zero-order valence-corrected chi connectivity index (χ0v) is 16.0.